The lowest BCUT2D eigenvalue weighted by molar-refractivity contribution is -0.131. The molecule has 6 nitrogen and oxygen atoms in total. The van der Waals surface area contributed by atoms with Crippen LogP contribution in [-0.4, -0.2) is 49.8 Å². The molecule has 2 fully saturated rings. The number of carboxylic acids is 1. The van der Waals surface area contributed by atoms with E-state index in [2.05, 4.69) is 15.1 Å². The number of carboxylic acid groups (broad SMARTS) is 1. The van der Waals surface area contributed by atoms with Crippen LogP contribution in [0.4, 0.5) is 0 Å². The van der Waals surface area contributed by atoms with Crippen LogP contribution >= 0.6 is 44.8 Å². The van der Waals surface area contributed by atoms with Gasteiger partial charge in [-0.15, -0.1) is 10.2 Å². The smallest absolute Gasteiger partial charge is 0.328 e. The van der Waals surface area contributed by atoms with Crippen molar-refractivity contribution in [3.05, 3.63) is 63.8 Å². The molecule has 1 aliphatic heterocycles. The Kier molecular flexibility index (Phi) is 7.78. The van der Waals surface area contributed by atoms with Crippen LogP contribution in [0.3, 0.4) is 0 Å². The predicted octanol–water partition coefficient (Wildman–Crippen LogP) is 5.16. The number of carbonyl (C=O) groups is 2. The molecule has 0 radical (unpaired) electrons. The first-order chi connectivity index (χ1) is 15.4. The molecule has 0 amide bonds. The highest BCUT2D eigenvalue weighted by Gasteiger charge is 2.44. The number of rotatable bonds is 8. The summed E-state index contributed by atoms with van der Waals surface area (Å²) in [7, 11) is 2.92. The number of aliphatic carboxylic acids is 1. The van der Waals surface area contributed by atoms with Gasteiger partial charge in [0.2, 0.25) is 0 Å². The molecule has 4 rings (SSSR count). The third kappa shape index (κ3) is 5.85. The van der Waals surface area contributed by atoms with Crippen molar-refractivity contribution < 1.29 is 14.7 Å². The monoisotopic (exact) mass is 509 g/mol. The van der Waals surface area contributed by atoms with Gasteiger partial charge in [0.05, 0.1) is 6.04 Å². The van der Waals surface area contributed by atoms with Gasteiger partial charge in [-0.05, 0) is 59.4 Å². The Morgan fingerprint density at radius 1 is 1.12 bits per heavy atom. The molecule has 1 N–H and O–H groups in total. The average molecular weight is 510 g/mol. The molecule has 2 heterocycles. The van der Waals surface area contributed by atoms with Crippen molar-refractivity contribution in [3.63, 3.8) is 0 Å². The van der Waals surface area contributed by atoms with Gasteiger partial charge in [-0.25, -0.2) is 4.79 Å². The Bertz CT molecular complexity index is 1030. The molecule has 0 bridgehead atoms. The van der Waals surface area contributed by atoms with E-state index in [1.165, 1.54) is 27.7 Å². The maximum atomic E-state index is 13.3. The fourth-order valence-corrected chi connectivity index (χ4v) is 6.54. The summed E-state index contributed by atoms with van der Waals surface area (Å²) in [5.74, 6) is -0.939. The number of nitrogens with zero attached hydrogens (tertiary/aromatic N) is 3. The average Bonchev–Trinajstić information content (AvgIpc) is 3.61. The van der Waals surface area contributed by atoms with Gasteiger partial charge in [0.25, 0.3) is 0 Å². The number of piperidine rings is 1. The first-order valence-corrected chi connectivity index (χ1v) is 13.2. The number of likely N-dealkylation sites (tertiary alicyclic amines) is 1. The Labute approximate surface area is 204 Å². The number of Topliss-reactive ketones (excluding diaryl/α,β-unsaturated/α-hetero) is 1. The van der Waals surface area contributed by atoms with E-state index in [4.69, 9.17) is 23.2 Å². The molecule has 168 valence electrons. The minimum Gasteiger partial charge on any atom is -0.478 e. The molecule has 2 atom stereocenters. The van der Waals surface area contributed by atoms with E-state index in [0.29, 0.717) is 40.3 Å². The summed E-state index contributed by atoms with van der Waals surface area (Å²) in [4.78, 5) is 27.1. The molecule has 1 saturated carbocycles. The third-order valence-electron chi connectivity index (χ3n) is 5.46. The zero-order valence-corrected chi connectivity index (χ0v) is 20.1. The van der Waals surface area contributed by atoms with E-state index in [1.807, 2.05) is 24.3 Å². The zero-order valence-electron chi connectivity index (χ0n) is 17.0. The lowest BCUT2D eigenvalue weighted by Gasteiger charge is -2.40. The summed E-state index contributed by atoms with van der Waals surface area (Å²) in [6.45, 7) is 1.16. The van der Waals surface area contributed by atoms with E-state index in [1.54, 1.807) is 12.1 Å². The van der Waals surface area contributed by atoms with E-state index in [9.17, 15) is 14.7 Å². The molecular weight excluding hydrogens is 489 g/mol. The van der Waals surface area contributed by atoms with Gasteiger partial charge >= 0.3 is 5.97 Å². The second-order valence-corrected chi connectivity index (χ2v) is 11.0. The molecule has 2 aromatic rings. The molecule has 2 aliphatic rings. The lowest BCUT2D eigenvalue weighted by Crippen LogP contribution is -2.50. The van der Waals surface area contributed by atoms with Gasteiger partial charge in [0.15, 0.2) is 10.9 Å². The van der Waals surface area contributed by atoms with Crippen molar-refractivity contribution in [1.82, 2.24) is 15.1 Å². The number of hydrogen-bond donors (Lipinski definition) is 1. The SMILES string of the molecule is O=C(O)/C=C1\C(SSc2ccc(Cl)nn2)CCN(Cc2ccccc2Cl)C1C(=O)C1CC1. The molecule has 1 aliphatic carbocycles. The molecule has 1 aromatic heterocycles. The molecule has 10 heteroatoms. The van der Waals surface area contributed by atoms with Crippen LogP contribution in [0, 0.1) is 5.92 Å². The summed E-state index contributed by atoms with van der Waals surface area (Å²) >= 11 is 12.2. The molecule has 0 spiro atoms. The Morgan fingerprint density at radius 3 is 2.56 bits per heavy atom. The van der Waals surface area contributed by atoms with Gasteiger partial charge in [-0.2, -0.15) is 0 Å². The maximum Gasteiger partial charge on any atom is 0.328 e. The highest BCUT2D eigenvalue weighted by atomic mass is 35.5. The quantitative estimate of drug-likeness (QED) is 0.385. The van der Waals surface area contributed by atoms with Crippen LogP contribution in [0.25, 0.3) is 0 Å². The number of benzene rings is 1. The number of carbonyl (C=O) groups excluding carboxylic acids is 1. The number of aromatic nitrogens is 2. The van der Waals surface area contributed by atoms with E-state index < -0.39 is 12.0 Å². The van der Waals surface area contributed by atoms with Crippen LogP contribution in [0.1, 0.15) is 24.8 Å². The zero-order chi connectivity index (χ0) is 22.7. The summed E-state index contributed by atoms with van der Waals surface area (Å²) in [6.07, 6.45) is 3.65. The molecule has 2 unspecified atom stereocenters. The van der Waals surface area contributed by atoms with Crippen LogP contribution in [0.2, 0.25) is 10.2 Å². The van der Waals surface area contributed by atoms with Crippen molar-refractivity contribution in [1.29, 1.82) is 0 Å². The van der Waals surface area contributed by atoms with Crippen LogP contribution in [0.5, 0.6) is 0 Å². The number of halogens is 2. The Balaban J connectivity index is 1.59. The normalized spacial score (nSPS) is 22.8. The van der Waals surface area contributed by atoms with Crippen molar-refractivity contribution in [2.24, 2.45) is 5.92 Å². The highest BCUT2D eigenvalue weighted by Crippen LogP contribution is 2.44. The van der Waals surface area contributed by atoms with Crippen molar-refractivity contribution in [3.8, 4) is 0 Å². The van der Waals surface area contributed by atoms with Gasteiger partial charge in [-0.1, -0.05) is 52.2 Å². The van der Waals surface area contributed by atoms with Gasteiger partial charge in [0.1, 0.15) is 5.03 Å². The van der Waals surface area contributed by atoms with Crippen molar-refractivity contribution in [2.45, 2.75) is 42.1 Å². The van der Waals surface area contributed by atoms with E-state index in [0.717, 1.165) is 18.4 Å². The minimum absolute atomic E-state index is 0.00414. The number of hydrogen-bond acceptors (Lipinski definition) is 7. The largest absolute Gasteiger partial charge is 0.478 e. The number of ketones is 1. The summed E-state index contributed by atoms with van der Waals surface area (Å²) in [6, 6.07) is 10.4. The van der Waals surface area contributed by atoms with Crippen LogP contribution in [0.15, 0.2) is 53.1 Å². The fraction of sp³-hybridized carbons (Fsp3) is 0.364. The standard InChI is InChI=1S/C22H21Cl2N3O3S2/c23-16-4-2-1-3-14(16)12-27-10-9-17(31-32-19-8-7-18(24)25-26-19)15(11-20(28)29)21(27)22(30)13-5-6-13/h1-4,7-8,11,13,17,21H,5-6,9-10,12H2,(H,28,29)/b15-11+. The second kappa shape index (κ2) is 10.6. The Morgan fingerprint density at radius 2 is 1.91 bits per heavy atom. The maximum absolute atomic E-state index is 13.3. The van der Waals surface area contributed by atoms with Gasteiger partial charge in [0, 0.05) is 35.4 Å². The van der Waals surface area contributed by atoms with E-state index >= 15 is 0 Å². The third-order valence-corrected chi connectivity index (χ3v) is 8.75. The first kappa shape index (κ1) is 23.6. The minimum atomic E-state index is -1.05. The summed E-state index contributed by atoms with van der Waals surface area (Å²) in [5, 5.41) is 19.0. The molecule has 32 heavy (non-hydrogen) atoms. The molecular formula is C22H21Cl2N3O3S2. The van der Waals surface area contributed by atoms with Gasteiger partial charge < -0.3 is 5.11 Å². The first-order valence-electron chi connectivity index (χ1n) is 10.2. The van der Waals surface area contributed by atoms with Crippen molar-refractivity contribution >= 4 is 56.5 Å². The topological polar surface area (TPSA) is 83.4 Å². The van der Waals surface area contributed by atoms with Crippen molar-refractivity contribution in [2.75, 3.05) is 6.54 Å². The molecule has 1 aromatic carbocycles. The second-order valence-electron chi connectivity index (χ2n) is 7.77. The summed E-state index contributed by atoms with van der Waals surface area (Å²) < 4.78 is 0. The predicted molar refractivity (Wildman–Crippen MR) is 128 cm³/mol. The van der Waals surface area contributed by atoms with Gasteiger partial charge in [-0.3, -0.25) is 9.69 Å². The lowest BCUT2D eigenvalue weighted by atomic mass is 9.89. The molecule has 1 saturated heterocycles. The van der Waals surface area contributed by atoms with E-state index in [-0.39, 0.29) is 17.0 Å². The highest BCUT2D eigenvalue weighted by molar-refractivity contribution is 8.77. The fourth-order valence-electron chi connectivity index (χ4n) is 3.79. The Hall–Kier alpha value is -1.58. The summed E-state index contributed by atoms with van der Waals surface area (Å²) in [5.41, 5.74) is 1.56. The van der Waals surface area contributed by atoms with Crippen LogP contribution < -0.4 is 0 Å². The van der Waals surface area contributed by atoms with Crippen LogP contribution in [-0.2, 0) is 16.1 Å².